The van der Waals surface area contributed by atoms with Crippen molar-refractivity contribution < 1.29 is 0 Å². The molecule has 2 atom stereocenters. The van der Waals surface area contributed by atoms with Crippen LogP contribution in [0.3, 0.4) is 0 Å². The summed E-state index contributed by atoms with van der Waals surface area (Å²) in [7, 11) is 2.68. The summed E-state index contributed by atoms with van der Waals surface area (Å²) in [5.41, 5.74) is 5.27. The number of hydrogen-bond acceptors (Lipinski definition) is 2. The summed E-state index contributed by atoms with van der Waals surface area (Å²) in [5.74, 6) is 0.515. The normalized spacial score (nSPS) is 13.9. The van der Waals surface area contributed by atoms with Gasteiger partial charge in [-0.05, 0) is 26.4 Å². The van der Waals surface area contributed by atoms with E-state index in [-0.39, 0.29) is 0 Å². The van der Waals surface area contributed by atoms with Crippen molar-refractivity contribution in [3.63, 3.8) is 0 Å². The van der Waals surface area contributed by atoms with Gasteiger partial charge in [0.25, 0.3) is 0 Å². The molecule has 2 nitrogen and oxygen atoms in total. The fourth-order valence-corrected chi connectivity index (χ4v) is 0.598. The van der Waals surface area contributed by atoms with Crippen molar-refractivity contribution in [2.45, 2.75) is 19.1 Å². The fourth-order valence-electron chi connectivity index (χ4n) is 0.432. The average Bonchev–Trinajstić information content (AvgIpc) is 1.66. The zero-order valence-corrected chi connectivity index (χ0v) is 6.51. The third-order valence-corrected chi connectivity index (χ3v) is 1.08. The predicted molar refractivity (Wildman–Crippen MR) is 40.8 cm³/mol. The smallest absolute Gasteiger partial charge is 0.0183 e. The van der Waals surface area contributed by atoms with Crippen LogP contribution in [0.15, 0.2) is 0 Å². The van der Waals surface area contributed by atoms with Crippen LogP contribution in [0.5, 0.6) is 0 Å². The van der Waals surface area contributed by atoms with Gasteiger partial charge >= 0.3 is 0 Å². The summed E-state index contributed by atoms with van der Waals surface area (Å²) in [6, 6.07) is 0. The van der Waals surface area contributed by atoms with E-state index in [0.717, 1.165) is 19.5 Å². The topological polar surface area (TPSA) is 38.0 Å². The van der Waals surface area contributed by atoms with Gasteiger partial charge in [-0.3, -0.25) is 0 Å². The zero-order chi connectivity index (χ0) is 6.41. The Morgan fingerprint density at radius 2 is 2.38 bits per heavy atom. The van der Waals surface area contributed by atoms with Gasteiger partial charge in [-0.25, -0.2) is 0 Å². The summed E-state index contributed by atoms with van der Waals surface area (Å²) < 4.78 is 0. The van der Waals surface area contributed by atoms with Crippen molar-refractivity contribution in [2.75, 3.05) is 13.1 Å². The average molecular weight is 134 g/mol. The monoisotopic (exact) mass is 134 g/mol. The third kappa shape index (κ3) is 6.35. The minimum atomic E-state index is 0.515. The predicted octanol–water partition coefficient (Wildman–Crippen LogP) is 0.146. The minimum Gasteiger partial charge on any atom is -0.330 e. The van der Waals surface area contributed by atoms with Crippen molar-refractivity contribution in [2.24, 2.45) is 5.73 Å². The first-order valence-electron chi connectivity index (χ1n) is 2.96. The van der Waals surface area contributed by atoms with Gasteiger partial charge < -0.3 is 11.1 Å². The van der Waals surface area contributed by atoms with Crippen LogP contribution < -0.4 is 11.1 Å². The molecule has 50 valence electrons. The van der Waals surface area contributed by atoms with Gasteiger partial charge in [0.1, 0.15) is 0 Å². The lowest BCUT2D eigenvalue weighted by Gasteiger charge is -2.04. The number of nitrogens with one attached hydrogen (secondary N) is 1. The molecule has 8 heavy (non-hydrogen) atoms. The lowest BCUT2D eigenvalue weighted by atomic mass is 10.4. The van der Waals surface area contributed by atoms with Crippen molar-refractivity contribution in [3.8, 4) is 0 Å². The number of rotatable bonds is 4. The molecule has 0 bridgehead atoms. The minimum absolute atomic E-state index is 0.515. The van der Waals surface area contributed by atoms with Gasteiger partial charge in [-0.15, -0.1) is 9.24 Å². The Bertz CT molecular complexity index is 47.7. The molecule has 0 rings (SSSR count). The molecule has 0 spiro atoms. The maximum atomic E-state index is 5.27. The molecule has 0 aromatic carbocycles. The van der Waals surface area contributed by atoms with Crippen LogP contribution in [0.4, 0.5) is 0 Å². The van der Waals surface area contributed by atoms with E-state index in [4.69, 9.17) is 5.73 Å². The van der Waals surface area contributed by atoms with E-state index in [9.17, 15) is 0 Å². The molecule has 0 heterocycles. The Labute approximate surface area is 53.4 Å². The second kappa shape index (κ2) is 5.49. The summed E-state index contributed by atoms with van der Waals surface area (Å²) >= 11 is 0. The first-order valence-corrected chi connectivity index (χ1v) is 3.63. The Hall–Kier alpha value is 0.350. The molecule has 0 saturated heterocycles. The lowest BCUT2D eigenvalue weighted by molar-refractivity contribution is 0.652. The SMILES string of the molecule is CC(P)NCCCN. The van der Waals surface area contributed by atoms with Crippen LogP contribution in [0, 0.1) is 0 Å². The van der Waals surface area contributed by atoms with Gasteiger partial charge in [0, 0.05) is 5.78 Å². The van der Waals surface area contributed by atoms with Crippen LogP contribution >= 0.6 is 9.24 Å². The van der Waals surface area contributed by atoms with Crippen molar-refractivity contribution in [1.29, 1.82) is 0 Å². The summed E-state index contributed by atoms with van der Waals surface area (Å²) in [5, 5.41) is 3.23. The first kappa shape index (κ1) is 8.35. The van der Waals surface area contributed by atoms with Crippen molar-refractivity contribution in [1.82, 2.24) is 5.32 Å². The van der Waals surface area contributed by atoms with Gasteiger partial charge in [0.05, 0.1) is 0 Å². The number of nitrogens with two attached hydrogens (primary N) is 1. The molecule has 0 amide bonds. The molecule has 0 aliphatic heterocycles. The quantitative estimate of drug-likeness (QED) is 0.424. The molecule has 0 aromatic rings. The fraction of sp³-hybridized carbons (Fsp3) is 1.00. The second-order valence-corrected chi connectivity index (χ2v) is 2.89. The van der Waals surface area contributed by atoms with Gasteiger partial charge in [-0.1, -0.05) is 0 Å². The maximum absolute atomic E-state index is 5.27. The van der Waals surface area contributed by atoms with E-state index < -0.39 is 0 Å². The molecular formula is C5H15N2P. The lowest BCUT2D eigenvalue weighted by Crippen LogP contribution is -2.22. The molecule has 0 radical (unpaired) electrons. The molecule has 0 fully saturated rings. The molecule has 0 aliphatic rings. The van der Waals surface area contributed by atoms with E-state index in [1.165, 1.54) is 0 Å². The largest absolute Gasteiger partial charge is 0.330 e. The van der Waals surface area contributed by atoms with Crippen LogP contribution in [0.1, 0.15) is 13.3 Å². The molecule has 0 saturated carbocycles. The van der Waals surface area contributed by atoms with E-state index in [1.807, 2.05) is 0 Å². The summed E-state index contributed by atoms with van der Waals surface area (Å²) in [6.07, 6.45) is 1.07. The third-order valence-electron chi connectivity index (χ3n) is 0.847. The van der Waals surface area contributed by atoms with E-state index in [2.05, 4.69) is 21.5 Å². The highest BCUT2D eigenvalue weighted by Gasteiger charge is 1.87. The summed E-state index contributed by atoms with van der Waals surface area (Å²) in [6.45, 7) is 3.91. The highest BCUT2D eigenvalue weighted by molar-refractivity contribution is 7.17. The molecule has 3 N–H and O–H groups in total. The molecular weight excluding hydrogens is 119 g/mol. The number of hydrogen-bond donors (Lipinski definition) is 2. The van der Waals surface area contributed by atoms with Crippen LogP contribution in [0.25, 0.3) is 0 Å². The Morgan fingerprint density at radius 3 is 2.75 bits per heavy atom. The van der Waals surface area contributed by atoms with E-state index in [0.29, 0.717) is 5.78 Å². The Kier molecular flexibility index (Phi) is 5.73. The van der Waals surface area contributed by atoms with Gasteiger partial charge in [0.15, 0.2) is 0 Å². The molecule has 3 heteroatoms. The second-order valence-electron chi connectivity index (χ2n) is 1.89. The molecule has 0 aromatic heterocycles. The standard InChI is InChI=1S/C5H15N2P/c1-5(8)7-4-2-3-6/h5,7H,2-4,6,8H2,1H3. The van der Waals surface area contributed by atoms with Crippen LogP contribution in [0.2, 0.25) is 0 Å². The molecule has 0 aliphatic carbocycles. The van der Waals surface area contributed by atoms with Gasteiger partial charge in [0.2, 0.25) is 0 Å². The van der Waals surface area contributed by atoms with Crippen LogP contribution in [-0.2, 0) is 0 Å². The highest BCUT2D eigenvalue weighted by Crippen LogP contribution is 1.90. The first-order chi connectivity index (χ1) is 3.77. The maximum Gasteiger partial charge on any atom is 0.0183 e. The van der Waals surface area contributed by atoms with E-state index in [1.54, 1.807) is 0 Å². The highest BCUT2D eigenvalue weighted by atomic mass is 31.0. The molecule has 2 unspecified atom stereocenters. The zero-order valence-electron chi connectivity index (χ0n) is 5.35. The van der Waals surface area contributed by atoms with Crippen LogP contribution in [-0.4, -0.2) is 18.9 Å². The van der Waals surface area contributed by atoms with Crippen molar-refractivity contribution >= 4 is 9.24 Å². The Morgan fingerprint density at radius 1 is 1.75 bits per heavy atom. The Balaban J connectivity index is 2.72. The van der Waals surface area contributed by atoms with Crippen molar-refractivity contribution in [3.05, 3.63) is 0 Å². The summed E-state index contributed by atoms with van der Waals surface area (Å²) in [4.78, 5) is 0. The van der Waals surface area contributed by atoms with E-state index >= 15 is 0 Å². The van der Waals surface area contributed by atoms with Gasteiger partial charge in [-0.2, -0.15) is 0 Å².